The first-order valence-corrected chi connectivity index (χ1v) is 6.63. The average molecular weight is 229 g/mol. The fourth-order valence-electron chi connectivity index (χ4n) is 3.56. The van der Waals surface area contributed by atoms with Crippen LogP contribution >= 0.6 is 0 Å². The third kappa shape index (κ3) is 1.81. The van der Waals surface area contributed by atoms with Crippen LogP contribution in [-0.2, 0) is 11.2 Å². The van der Waals surface area contributed by atoms with Gasteiger partial charge in [0.25, 0.3) is 0 Å². The summed E-state index contributed by atoms with van der Waals surface area (Å²) < 4.78 is 0. The predicted octanol–water partition coefficient (Wildman–Crippen LogP) is 2.62. The van der Waals surface area contributed by atoms with Gasteiger partial charge < -0.3 is 5.73 Å². The molecule has 0 heterocycles. The molecule has 3 unspecified atom stereocenters. The summed E-state index contributed by atoms with van der Waals surface area (Å²) in [5, 5.41) is 0. The summed E-state index contributed by atoms with van der Waals surface area (Å²) in [6.45, 7) is 0. The highest BCUT2D eigenvalue weighted by atomic mass is 16.1. The Kier molecular flexibility index (Phi) is 2.75. The molecule has 3 atom stereocenters. The number of hydrogen-bond donors (Lipinski definition) is 1. The molecule has 1 saturated carbocycles. The average Bonchev–Trinajstić information content (AvgIpc) is 2.48. The highest BCUT2D eigenvalue weighted by Crippen LogP contribution is 2.41. The maximum atomic E-state index is 12.3. The molecule has 2 heteroatoms. The molecule has 3 rings (SSSR count). The van der Waals surface area contributed by atoms with Crippen molar-refractivity contribution in [3.63, 3.8) is 0 Å². The van der Waals surface area contributed by atoms with Crippen molar-refractivity contribution < 1.29 is 4.79 Å². The second kappa shape index (κ2) is 4.26. The number of fused-ring (bicyclic) bond motifs is 2. The van der Waals surface area contributed by atoms with Crippen molar-refractivity contribution in [2.45, 2.75) is 38.1 Å². The molecule has 2 aliphatic carbocycles. The van der Waals surface area contributed by atoms with E-state index in [1.165, 1.54) is 18.4 Å². The molecule has 2 N–H and O–H groups in total. The van der Waals surface area contributed by atoms with Crippen LogP contribution in [-0.4, -0.2) is 5.78 Å². The minimum Gasteiger partial charge on any atom is -0.324 e. The molecule has 1 fully saturated rings. The zero-order valence-corrected chi connectivity index (χ0v) is 10.1. The quantitative estimate of drug-likeness (QED) is 0.743. The van der Waals surface area contributed by atoms with Crippen LogP contribution in [0, 0.1) is 11.8 Å². The van der Waals surface area contributed by atoms with E-state index in [0.29, 0.717) is 18.1 Å². The van der Waals surface area contributed by atoms with E-state index in [9.17, 15) is 4.79 Å². The Morgan fingerprint density at radius 1 is 1.12 bits per heavy atom. The minimum absolute atomic E-state index is 0.0583. The van der Waals surface area contributed by atoms with Crippen molar-refractivity contribution in [3.8, 4) is 0 Å². The lowest BCUT2D eigenvalue weighted by Gasteiger charge is -2.32. The molecule has 17 heavy (non-hydrogen) atoms. The van der Waals surface area contributed by atoms with Gasteiger partial charge in [0.1, 0.15) is 5.78 Å². The first-order chi connectivity index (χ1) is 8.27. The molecule has 2 aliphatic rings. The van der Waals surface area contributed by atoms with E-state index >= 15 is 0 Å². The lowest BCUT2D eigenvalue weighted by molar-refractivity contribution is -0.124. The molecule has 1 aromatic carbocycles. The van der Waals surface area contributed by atoms with Crippen LogP contribution in [0.1, 0.15) is 42.9 Å². The van der Waals surface area contributed by atoms with Gasteiger partial charge in [0.15, 0.2) is 0 Å². The largest absolute Gasteiger partial charge is 0.324 e. The monoisotopic (exact) mass is 229 g/mol. The maximum absolute atomic E-state index is 12.3. The SMILES string of the molecule is NC1c2ccccc2CC(=O)C2CCCCC21. The Labute approximate surface area is 102 Å². The van der Waals surface area contributed by atoms with E-state index in [2.05, 4.69) is 12.1 Å². The van der Waals surface area contributed by atoms with Crippen molar-refractivity contribution in [1.29, 1.82) is 0 Å². The molecule has 90 valence electrons. The van der Waals surface area contributed by atoms with Crippen LogP contribution in [0.2, 0.25) is 0 Å². The lowest BCUT2D eigenvalue weighted by atomic mass is 9.73. The first-order valence-electron chi connectivity index (χ1n) is 6.63. The third-order valence-corrected chi connectivity index (χ3v) is 4.47. The molecule has 2 nitrogen and oxygen atoms in total. The van der Waals surface area contributed by atoms with Gasteiger partial charge in [-0.1, -0.05) is 37.1 Å². The van der Waals surface area contributed by atoms with Crippen LogP contribution in [0.25, 0.3) is 0 Å². The van der Waals surface area contributed by atoms with Crippen molar-refractivity contribution >= 4 is 5.78 Å². The number of benzene rings is 1. The highest BCUT2D eigenvalue weighted by molar-refractivity contribution is 5.84. The number of ketones is 1. The summed E-state index contributed by atoms with van der Waals surface area (Å²) in [5.41, 5.74) is 8.77. The standard InChI is InChI=1S/C15H19NO/c16-15-11-6-2-1-5-10(11)9-14(17)12-7-3-4-8-13(12)15/h1-2,5-6,12-13,15H,3-4,7-9,16H2. The zero-order chi connectivity index (χ0) is 11.8. The molecular weight excluding hydrogens is 210 g/mol. The molecule has 0 radical (unpaired) electrons. The van der Waals surface area contributed by atoms with E-state index in [0.717, 1.165) is 18.4 Å². The normalized spacial score (nSPS) is 32.5. The van der Waals surface area contributed by atoms with E-state index in [1.807, 2.05) is 12.1 Å². The topological polar surface area (TPSA) is 43.1 Å². The van der Waals surface area contributed by atoms with Crippen LogP contribution in [0.15, 0.2) is 24.3 Å². The summed E-state index contributed by atoms with van der Waals surface area (Å²) in [7, 11) is 0. The van der Waals surface area contributed by atoms with Crippen molar-refractivity contribution in [1.82, 2.24) is 0 Å². The molecule has 0 aliphatic heterocycles. The van der Waals surface area contributed by atoms with E-state index in [-0.39, 0.29) is 12.0 Å². The molecule has 0 aromatic heterocycles. The smallest absolute Gasteiger partial charge is 0.140 e. The number of rotatable bonds is 0. The Hall–Kier alpha value is -1.15. The Balaban J connectivity index is 2.04. The van der Waals surface area contributed by atoms with Gasteiger partial charge in [0.05, 0.1) is 0 Å². The van der Waals surface area contributed by atoms with Crippen LogP contribution in [0.3, 0.4) is 0 Å². The van der Waals surface area contributed by atoms with Crippen molar-refractivity contribution in [2.24, 2.45) is 17.6 Å². The van der Waals surface area contributed by atoms with Gasteiger partial charge in [-0.25, -0.2) is 0 Å². The zero-order valence-electron chi connectivity index (χ0n) is 10.1. The molecule has 1 aromatic rings. The van der Waals surface area contributed by atoms with E-state index in [4.69, 9.17) is 5.73 Å². The number of carbonyl (C=O) groups is 1. The van der Waals surface area contributed by atoms with Crippen molar-refractivity contribution in [2.75, 3.05) is 0 Å². The number of nitrogens with two attached hydrogens (primary N) is 1. The lowest BCUT2D eigenvalue weighted by Crippen LogP contribution is -2.33. The number of Topliss-reactive ketones (excluding diaryl/α,β-unsaturated/α-hetero) is 1. The molecule has 0 amide bonds. The van der Waals surface area contributed by atoms with Gasteiger partial charge in [-0.15, -0.1) is 0 Å². The van der Waals surface area contributed by atoms with Crippen LogP contribution < -0.4 is 5.73 Å². The van der Waals surface area contributed by atoms with E-state index < -0.39 is 0 Å². The predicted molar refractivity (Wildman–Crippen MR) is 67.5 cm³/mol. The van der Waals surface area contributed by atoms with Gasteiger partial charge in [-0.3, -0.25) is 4.79 Å². The molecule has 0 bridgehead atoms. The molecular formula is C15H19NO. The van der Waals surface area contributed by atoms with E-state index in [1.54, 1.807) is 0 Å². The van der Waals surface area contributed by atoms with Crippen LogP contribution in [0.4, 0.5) is 0 Å². The third-order valence-electron chi connectivity index (χ3n) is 4.47. The fraction of sp³-hybridized carbons (Fsp3) is 0.533. The van der Waals surface area contributed by atoms with Gasteiger partial charge in [0, 0.05) is 18.4 Å². The summed E-state index contributed by atoms with van der Waals surface area (Å²) in [4.78, 5) is 12.3. The van der Waals surface area contributed by atoms with Gasteiger partial charge in [-0.2, -0.15) is 0 Å². The summed E-state index contributed by atoms with van der Waals surface area (Å²) in [6.07, 6.45) is 5.17. The first kappa shape index (κ1) is 11.0. The highest BCUT2D eigenvalue weighted by Gasteiger charge is 2.38. The minimum atomic E-state index is 0.0583. The summed E-state index contributed by atoms with van der Waals surface area (Å²) in [5.74, 6) is 1.00. The van der Waals surface area contributed by atoms with Gasteiger partial charge in [-0.05, 0) is 29.9 Å². The fourth-order valence-corrected chi connectivity index (χ4v) is 3.56. The Morgan fingerprint density at radius 2 is 1.88 bits per heavy atom. The number of carbonyl (C=O) groups excluding carboxylic acids is 1. The Bertz CT molecular complexity index is 440. The summed E-state index contributed by atoms with van der Waals surface area (Å²) in [6, 6.07) is 8.26. The summed E-state index contributed by atoms with van der Waals surface area (Å²) >= 11 is 0. The maximum Gasteiger partial charge on any atom is 0.140 e. The van der Waals surface area contributed by atoms with Gasteiger partial charge in [0.2, 0.25) is 0 Å². The van der Waals surface area contributed by atoms with Crippen molar-refractivity contribution in [3.05, 3.63) is 35.4 Å². The second-order valence-electron chi connectivity index (χ2n) is 5.42. The Morgan fingerprint density at radius 3 is 2.76 bits per heavy atom. The molecule has 0 spiro atoms. The van der Waals surface area contributed by atoms with Gasteiger partial charge >= 0.3 is 0 Å². The molecule has 0 saturated heterocycles. The van der Waals surface area contributed by atoms with Crippen LogP contribution in [0.5, 0.6) is 0 Å². The second-order valence-corrected chi connectivity index (χ2v) is 5.42. The number of hydrogen-bond acceptors (Lipinski definition) is 2.